The molecule has 2 heterocycles. The van der Waals surface area contributed by atoms with E-state index >= 15 is 0 Å². The number of imidazole rings is 1. The first-order valence-electron chi connectivity index (χ1n) is 14.5. The molecule has 1 amide bonds. The Hall–Kier alpha value is -3.84. The summed E-state index contributed by atoms with van der Waals surface area (Å²) in [5.41, 5.74) is 4.88. The number of benzene rings is 3. The lowest BCUT2D eigenvalue weighted by Gasteiger charge is -2.36. The molecule has 7 heteroatoms. The van der Waals surface area contributed by atoms with Crippen LogP contribution in [0.25, 0.3) is 11.0 Å². The topological polar surface area (TPSA) is 70.6 Å². The SMILES string of the molecule is CCN(CC)C(=O)c1ccc(Cc2ccccc2OC[C@@H](C)N2CCC(n3c(=O)[nH]c4ccccc43)CC2)cc1. The van der Waals surface area contributed by atoms with Gasteiger partial charge >= 0.3 is 5.69 Å². The van der Waals surface area contributed by atoms with E-state index < -0.39 is 0 Å². The fourth-order valence-corrected chi connectivity index (χ4v) is 5.81. The van der Waals surface area contributed by atoms with Crippen molar-refractivity contribution >= 4 is 16.9 Å². The number of amides is 1. The highest BCUT2D eigenvalue weighted by Crippen LogP contribution is 2.27. The molecule has 1 aliphatic heterocycles. The Morgan fingerprint density at radius 3 is 2.38 bits per heavy atom. The van der Waals surface area contributed by atoms with E-state index in [2.05, 4.69) is 22.9 Å². The van der Waals surface area contributed by atoms with E-state index in [1.54, 1.807) is 0 Å². The molecule has 40 heavy (non-hydrogen) atoms. The molecule has 0 unspecified atom stereocenters. The van der Waals surface area contributed by atoms with Crippen molar-refractivity contribution in [3.05, 3.63) is 100.0 Å². The normalized spacial score (nSPS) is 15.3. The number of para-hydroxylation sites is 3. The van der Waals surface area contributed by atoms with Gasteiger partial charge in [-0.25, -0.2) is 4.79 Å². The molecule has 7 nitrogen and oxygen atoms in total. The maximum Gasteiger partial charge on any atom is 0.326 e. The minimum atomic E-state index is -0.0160. The Bertz CT molecular complexity index is 1480. The number of carbonyl (C=O) groups excluding carboxylic acids is 1. The van der Waals surface area contributed by atoms with Crippen molar-refractivity contribution in [2.24, 2.45) is 0 Å². The number of ether oxygens (including phenoxy) is 1. The summed E-state index contributed by atoms with van der Waals surface area (Å²) in [5, 5.41) is 0. The van der Waals surface area contributed by atoms with Gasteiger partial charge in [0.25, 0.3) is 5.91 Å². The molecule has 1 aliphatic rings. The van der Waals surface area contributed by atoms with E-state index in [9.17, 15) is 9.59 Å². The number of hydrogen-bond acceptors (Lipinski definition) is 4. The molecule has 210 valence electrons. The number of nitrogens with zero attached hydrogens (tertiary/aromatic N) is 3. The van der Waals surface area contributed by atoms with Gasteiger partial charge in [0.2, 0.25) is 0 Å². The van der Waals surface area contributed by atoms with E-state index in [0.717, 1.165) is 65.8 Å². The number of piperidine rings is 1. The number of aromatic nitrogens is 2. The summed E-state index contributed by atoms with van der Waals surface area (Å²) >= 11 is 0. The van der Waals surface area contributed by atoms with Crippen LogP contribution >= 0.6 is 0 Å². The van der Waals surface area contributed by atoms with Crippen molar-refractivity contribution in [3.8, 4) is 5.75 Å². The largest absolute Gasteiger partial charge is 0.492 e. The summed E-state index contributed by atoms with van der Waals surface area (Å²) in [7, 11) is 0. The van der Waals surface area contributed by atoms with Gasteiger partial charge in [-0.2, -0.15) is 0 Å². The van der Waals surface area contributed by atoms with Crippen LogP contribution in [0.4, 0.5) is 0 Å². The Morgan fingerprint density at radius 2 is 1.65 bits per heavy atom. The van der Waals surface area contributed by atoms with Crippen molar-refractivity contribution < 1.29 is 9.53 Å². The molecule has 0 spiro atoms. The average molecular weight is 541 g/mol. The average Bonchev–Trinajstić information content (AvgIpc) is 3.33. The van der Waals surface area contributed by atoms with Gasteiger partial charge in [-0.1, -0.05) is 42.5 Å². The first-order valence-corrected chi connectivity index (χ1v) is 14.5. The lowest BCUT2D eigenvalue weighted by atomic mass is 10.0. The number of rotatable bonds is 10. The summed E-state index contributed by atoms with van der Waals surface area (Å²) in [6.07, 6.45) is 2.62. The molecular formula is C33H40N4O3. The minimum absolute atomic E-state index is 0.0160. The summed E-state index contributed by atoms with van der Waals surface area (Å²) in [6, 6.07) is 24.5. The van der Waals surface area contributed by atoms with Gasteiger partial charge in [-0.15, -0.1) is 0 Å². The zero-order chi connectivity index (χ0) is 28.1. The lowest BCUT2D eigenvalue weighted by molar-refractivity contribution is 0.0773. The van der Waals surface area contributed by atoms with Crippen molar-refractivity contribution in [1.82, 2.24) is 19.4 Å². The number of H-pyrrole nitrogens is 1. The van der Waals surface area contributed by atoms with Crippen LogP contribution in [0.5, 0.6) is 5.75 Å². The highest BCUT2D eigenvalue weighted by Gasteiger charge is 2.26. The second kappa shape index (κ2) is 12.6. The molecule has 1 aromatic heterocycles. The maximum absolute atomic E-state index is 12.6. The fraction of sp³-hybridized carbons (Fsp3) is 0.394. The monoisotopic (exact) mass is 540 g/mol. The van der Waals surface area contributed by atoms with Crippen molar-refractivity contribution in [1.29, 1.82) is 0 Å². The molecule has 1 saturated heterocycles. The summed E-state index contributed by atoms with van der Waals surface area (Å²) in [4.78, 5) is 32.6. The molecule has 0 aliphatic carbocycles. The lowest BCUT2D eigenvalue weighted by Crippen LogP contribution is -2.44. The van der Waals surface area contributed by atoms with Crippen LogP contribution in [0.2, 0.25) is 0 Å². The zero-order valence-electron chi connectivity index (χ0n) is 23.8. The van der Waals surface area contributed by atoms with Gasteiger partial charge in [0.1, 0.15) is 12.4 Å². The van der Waals surface area contributed by atoms with Crippen LogP contribution < -0.4 is 10.4 Å². The third-order valence-corrected chi connectivity index (χ3v) is 8.21. The molecule has 0 bridgehead atoms. The van der Waals surface area contributed by atoms with Crippen LogP contribution in [0.1, 0.15) is 61.1 Å². The predicted molar refractivity (Wildman–Crippen MR) is 160 cm³/mol. The Labute approximate surface area is 236 Å². The maximum atomic E-state index is 12.6. The second-order valence-electron chi connectivity index (χ2n) is 10.7. The number of carbonyl (C=O) groups is 1. The van der Waals surface area contributed by atoms with E-state index in [-0.39, 0.29) is 23.7 Å². The molecule has 5 rings (SSSR count). The van der Waals surface area contributed by atoms with Gasteiger partial charge in [-0.05, 0) is 75.1 Å². The quantitative estimate of drug-likeness (QED) is 0.288. The first kappa shape index (κ1) is 27.7. The van der Waals surface area contributed by atoms with Crippen LogP contribution in [-0.2, 0) is 6.42 Å². The van der Waals surface area contributed by atoms with E-state index in [4.69, 9.17) is 4.74 Å². The number of nitrogens with one attached hydrogen (secondary N) is 1. The standard InChI is InChI=1S/C33H40N4O3/c1-4-35(5-2)32(38)26-16-14-25(15-17-26)22-27-10-6-9-13-31(27)40-23-24(3)36-20-18-28(19-21-36)37-30-12-8-7-11-29(30)34-33(37)39/h6-17,24,28H,4-5,18-23H2,1-3H3,(H,34,39)/t24-/m1/s1. The van der Waals surface area contributed by atoms with E-state index in [1.807, 2.05) is 90.0 Å². The molecule has 4 aromatic rings. The number of aromatic amines is 1. The first-order chi connectivity index (χ1) is 19.5. The van der Waals surface area contributed by atoms with Crippen molar-refractivity contribution in [2.45, 2.75) is 52.1 Å². The van der Waals surface area contributed by atoms with Gasteiger partial charge in [-0.3, -0.25) is 14.3 Å². The Balaban J connectivity index is 1.17. The third-order valence-electron chi connectivity index (χ3n) is 8.21. The number of fused-ring (bicyclic) bond motifs is 1. The third kappa shape index (κ3) is 5.99. The summed E-state index contributed by atoms with van der Waals surface area (Å²) in [6.45, 7) is 10.1. The summed E-state index contributed by atoms with van der Waals surface area (Å²) < 4.78 is 8.30. The summed E-state index contributed by atoms with van der Waals surface area (Å²) in [5.74, 6) is 0.977. The Morgan fingerprint density at radius 1 is 0.975 bits per heavy atom. The van der Waals surface area contributed by atoms with Crippen LogP contribution in [0, 0.1) is 0 Å². The number of likely N-dealkylation sites (tertiary alicyclic amines) is 1. The van der Waals surface area contributed by atoms with Gasteiger partial charge in [0.15, 0.2) is 0 Å². The van der Waals surface area contributed by atoms with Crippen molar-refractivity contribution in [3.63, 3.8) is 0 Å². The molecule has 0 saturated carbocycles. The predicted octanol–water partition coefficient (Wildman–Crippen LogP) is 5.51. The van der Waals surface area contributed by atoms with Gasteiger partial charge < -0.3 is 14.6 Å². The van der Waals surface area contributed by atoms with Gasteiger partial charge in [0, 0.05) is 50.2 Å². The highest BCUT2D eigenvalue weighted by molar-refractivity contribution is 5.94. The van der Waals surface area contributed by atoms with Crippen LogP contribution in [0.3, 0.4) is 0 Å². The number of hydrogen-bond donors (Lipinski definition) is 1. The molecule has 1 atom stereocenters. The molecule has 1 N–H and O–H groups in total. The smallest absolute Gasteiger partial charge is 0.326 e. The van der Waals surface area contributed by atoms with Crippen LogP contribution in [-0.4, -0.2) is 64.1 Å². The highest BCUT2D eigenvalue weighted by atomic mass is 16.5. The van der Waals surface area contributed by atoms with Crippen LogP contribution in [0.15, 0.2) is 77.6 Å². The van der Waals surface area contributed by atoms with Gasteiger partial charge in [0.05, 0.1) is 11.0 Å². The molecular weight excluding hydrogens is 500 g/mol. The molecule has 0 radical (unpaired) electrons. The Kier molecular flexibility index (Phi) is 8.70. The minimum Gasteiger partial charge on any atom is -0.492 e. The van der Waals surface area contributed by atoms with E-state index in [1.165, 1.54) is 0 Å². The van der Waals surface area contributed by atoms with E-state index in [0.29, 0.717) is 19.7 Å². The van der Waals surface area contributed by atoms with Crippen molar-refractivity contribution in [2.75, 3.05) is 32.8 Å². The molecule has 1 fully saturated rings. The zero-order valence-corrected chi connectivity index (χ0v) is 23.8. The molecule has 3 aromatic carbocycles. The fourth-order valence-electron chi connectivity index (χ4n) is 5.81. The second-order valence-corrected chi connectivity index (χ2v) is 10.7.